The van der Waals surface area contributed by atoms with Crippen LogP contribution in [0.3, 0.4) is 0 Å². The number of nitrogens with one attached hydrogen (secondary N) is 1. The Balaban J connectivity index is 2.64. The number of aromatic nitrogens is 2. The van der Waals surface area contributed by atoms with Crippen LogP contribution in [0.4, 0.5) is 5.69 Å². The molecule has 6 heteroatoms. The maximum Gasteiger partial charge on any atom is 0.221 e. The Bertz CT molecular complexity index is 550. The minimum atomic E-state index is -0.139. The van der Waals surface area contributed by atoms with Crippen LogP contribution < -0.4 is 10.1 Å². The van der Waals surface area contributed by atoms with E-state index in [1.807, 2.05) is 6.07 Å². The third kappa shape index (κ3) is 1.88. The summed E-state index contributed by atoms with van der Waals surface area (Å²) in [6, 6.07) is 1.82. The number of amides is 1. The second-order valence-corrected chi connectivity index (χ2v) is 4.17. The summed E-state index contributed by atoms with van der Waals surface area (Å²) < 4.78 is 7.75. The van der Waals surface area contributed by atoms with Crippen molar-refractivity contribution >= 4 is 33.0 Å². The lowest BCUT2D eigenvalue weighted by atomic mass is 10.3. The van der Waals surface area contributed by atoms with Crippen LogP contribution in [0.15, 0.2) is 22.9 Å². The Morgan fingerprint density at radius 2 is 2.38 bits per heavy atom. The lowest BCUT2D eigenvalue weighted by molar-refractivity contribution is -0.114. The molecule has 0 aromatic carbocycles. The third-order valence-corrected chi connectivity index (χ3v) is 2.51. The summed E-state index contributed by atoms with van der Waals surface area (Å²) in [4.78, 5) is 11.0. The average Bonchev–Trinajstić information content (AvgIpc) is 2.59. The number of carbonyl (C=O) groups excluding carboxylic acids is 1. The van der Waals surface area contributed by atoms with E-state index in [1.54, 1.807) is 24.0 Å². The highest BCUT2D eigenvalue weighted by Crippen LogP contribution is 2.29. The lowest BCUT2D eigenvalue weighted by Gasteiger charge is -2.06. The summed E-state index contributed by atoms with van der Waals surface area (Å²) >= 11 is 3.36. The number of pyridine rings is 1. The van der Waals surface area contributed by atoms with Crippen molar-refractivity contribution in [3.63, 3.8) is 0 Å². The minimum Gasteiger partial charge on any atom is -0.494 e. The first kappa shape index (κ1) is 10.9. The van der Waals surface area contributed by atoms with E-state index >= 15 is 0 Å². The van der Waals surface area contributed by atoms with Gasteiger partial charge in [0.15, 0.2) is 0 Å². The fourth-order valence-electron chi connectivity index (χ4n) is 1.49. The van der Waals surface area contributed by atoms with Gasteiger partial charge < -0.3 is 10.1 Å². The number of carbonyl (C=O) groups is 1. The number of hydrogen-bond acceptors (Lipinski definition) is 3. The number of rotatable bonds is 2. The number of anilines is 1. The second-order valence-electron chi connectivity index (χ2n) is 3.26. The molecular formula is C10H10BrN3O2. The summed E-state index contributed by atoms with van der Waals surface area (Å²) in [6.45, 7) is 1.45. The molecule has 0 saturated carbocycles. The van der Waals surface area contributed by atoms with E-state index < -0.39 is 0 Å². The largest absolute Gasteiger partial charge is 0.494 e. The number of hydrogen-bond donors (Lipinski definition) is 1. The lowest BCUT2D eigenvalue weighted by Crippen LogP contribution is -2.05. The van der Waals surface area contributed by atoms with Crippen LogP contribution in [0.5, 0.6) is 5.75 Å². The minimum absolute atomic E-state index is 0.139. The van der Waals surface area contributed by atoms with Crippen LogP contribution in [-0.2, 0) is 4.79 Å². The van der Waals surface area contributed by atoms with E-state index in [0.29, 0.717) is 11.4 Å². The average molecular weight is 284 g/mol. The molecule has 0 bridgehead atoms. The van der Waals surface area contributed by atoms with Crippen LogP contribution in [0.1, 0.15) is 6.92 Å². The molecule has 2 rings (SSSR count). The molecule has 2 heterocycles. The molecule has 84 valence electrons. The first-order chi connectivity index (χ1) is 7.61. The quantitative estimate of drug-likeness (QED) is 0.918. The van der Waals surface area contributed by atoms with Crippen LogP contribution in [0.25, 0.3) is 5.52 Å². The van der Waals surface area contributed by atoms with Crippen molar-refractivity contribution in [3.8, 4) is 5.75 Å². The van der Waals surface area contributed by atoms with Gasteiger partial charge >= 0.3 is 0 Å². The maximum atomic E-state index is 11.0. The zero-order valence-corrected chi connectivity index (χ0v) is 10.4. The SMILES string of the molecule is COc1cc(Br)cn2ncc(NC(C)=O)c12. The van der Waals surface area contributed by atoms with E-state index in [4.69, 9.17) is 4.74 Å². The van der Waals surface area contributed by atoms with Crippen molar-refractivity contribution in [1.29, 1.82) is 0 Å². The molecule has 1 amide bonds. The molecule has 0 radical (unpaired) electrons. The van der Waals surface area contributed by atoms with Crippen molar-refractivity contribution in [2.45, 2.75) is 6.92 Å². The van der Waals surface area contributed by atoms with Crippen molar-refractivity contribution in [2.24, 2.45) is 0 Å². The Hall–Kier alpha value is -1.56. The summed E-state index contributed by atoms with van der Waals surface area (Å²) in [6.07, 6.45) is 3.38. The van der Waals surface area contributed by atoms with Gasteiger partial charge in [-0.15, -0.1) is 0 Å². The predicted octanol–water partition coefficient (Wildman–Crippen LogP) is 2.06. The smallest absolute Gasteiger partial charge is 0.221 e. The fraction of sp³-hybridized carbons (Fsp3) is 0.200. The van der Waals surface area contributed by atoms with Gasteiger partial charge in [-0.25, -0.2) is 4.52 Å². The Kier molecular flexibility index (Phi) is 2.82. The van der Waals surface area contributed by atoms with Gasteiger partial charge in [0.05, 0.1) is 19.0 Å². The Morgan fingerprint density at radius 3 is 3.00 bits per heavy atom. The summed E-state index contributed by atoms with van der Waals surface area (Å²) in [5.41, 5.74) is 1.37. The summed E-state index contributed by atoms with van der Waals surface area (Å²) in [5.74, 6) is 0.510. The molecule has 0 spiro atoms. The van der Waals surface area contributed by atoms with Gasteiger partial charge in [-0.05, 0) is 22.0 Å². The molecular weight excluding hydrogens is 274 g/mol. The molecule has 0 aliphatic carbocycles. The Morgan fingerprint density at radius 1 is 1.62 bits per heavy atom. The van der Waals surface area contributed by atoms with Crippen LogP contribution >= 0.6 is 15.9 Å². The molecule has 2 aromatic rings. The molecule has 2 aromatic heterocycles. The van der Waals surface area contributed by atoms with Gasteiger partial charge in [0.25, 0.3) is 0 Å². The molecule has 0 fully saturated rings. The van der Waals surface area contributed by atoms with Crippen LogP contribution in [-0.4, -0.2) is 22.6 Å². The zero-order chi connectivity index (χ0) is 11.7. The molecule has 1 N–H and O–H groups in total. The molecule has 5 nitrogen and oxygen atoms in total. The number of methoxy groups -OCH3 is 1. The fourth-order valence-corrected chi connectivity index (χ4v) is 1.89. The highest BCUT2D eigenvalue weighted by atomic mass is 79.9. The molecule has 0 saturated heterocycles. The third-order valence-electron chi connectivity index (χ3n) is 2.07. The first-order valence-corrected chi connectivity index (χ1v) is 5.39. The highest BCUT2D eigenvalue weighted by molar-refractivity contribution is 9.10. The molecule has 0 aliphatic heterocycles. The normalized spacial score (nSPS) is 10.4. The second kappa shape index (κ2) is 4.13. The summed E-state index contributed by atoms with van der Waals surface area (Å²) in [7, 11) is 1.58. The standard InChI is InChI=1S/C10H10BrN3O2/c1-6(15)13-8-4-12-14-5-7(11)3-9(16-2)10(8)14/h3-5H,1-2H3,(H,13,15). The zero-order valence-electron chi connectivity index (χ0n) is 8.82. The van der Waals surface area contributed by atoms with Gasteiger partial charge in [-0.1, -0.05) is 0 Å². The highest BCUT2D eigenvalue weighted by Gasteiger charge is 2.11. The topological polar surface area (TPSA) is 55.6 Å². The van der Waals surface area contributed by atoms with E-state index in [-0.39, 0.29) is 5.91 Å². The van der Waals surface area contributed by atoms with Crippen LogP contribution in [0.2, 0.25) is 0 Å². The number of nitrogens with zero attached hydrogens (tertiary/aromatic N) is 2. The monoisotopic (exact) mass is 283 g/mol. The molecule has 0 unspecified atom stereocenters. The molecule has 0 aliphatic rings. The van der Waals surface area contributed by atoms with Gasteiger partial charge in [0, 0.05) is 17.6 Å². The van der Waals surface area contributed by atoms with E-state index in [0.717, 1.165) is 9.99 Å². The number of halogens is 1. The van der Waals surface area contributed by atoms with Gasteiger partial charge in [0.1, 0.15) is 11.3 Å². The number of ether oxygens (including phenoxy) is 1. The van der Waals surface area contributed by atoms with Crippen molar-refractivity contribution < 1.29 is 9.53 Å². The van der Waals surface area contributed by atoms with E-state index in [2.05, 4.69) is 26.3 Å². The van der Waals surface area contributed by atoms with Crippen molar-refractivity contribution in [3.05, 3.63) is 22.9 Å². The number of fused-ring (bicyclic) bond motifs is 1. The van der Waals surface area contributed by atoms with Crippen molar-refractivity contribution in [1.82, 2.24) is 9.61 Å². The van der Waals surface area contributed by atoms with Gasteiger partial charge in [0.2, 0.25) is 5.91 Å². The van der Waals surface area contributed by atoms with Gasteiger partial charge in [-0.2, -0.15) is 5.10 Å². The Labute approximate surface area is 101 Å². The van der Waals surface area contributed by atoms with E-state index in [9.17, 15) is 4.79 Å². The first-order valence-electron chi connectivity index (χ1n) is 4.60. The summed E-state index contributed by atoms with van der Waals surface area (Å²) in [5, 5.41) is 6.84. The predicted molar refractivity (Wildman–Crippen MR) is 63.7 cm³/mol. The van der Waals surface area contributed by atoms with Gasteiger partial charge in [-0.3, -0.25) is 4.79 Å². The van der Waals surface area contributed by atoms with Crippen LogP contribution in [0, 0.1) is 0 Å². The molecule has 16 heavy (non-hydrogen) atoms. The van der Waals surface area contributed by atoms with Crippen molar-refractivity contribution in [2.75, 3.05) is 12.4 Å². The maximum absolute atomic E-state index is 11.0. The van der Waals surface area contributed by atoms with E-state index in [1.165, 1.54) is 6.92 Å². The molecule has 0 atom stereocenters.